The number of esters is 1. The number of hydrogen-bond donors (Lipinski definition) is 3. The second-order valence-corrected chi connectivity index (χ2v) is 6.10. The predicted octanol–water partition coefficient (Wildman–Crippen LogP) is 1.20. The SMILES string of the molecule is CC(C)(C)OC(=O)C(N)NC[C@@H](O)CCc1ccccc1. The number of hydrogen-bond acceptors (Lipinski definition) is 5. The fraction of sp³-hybridized carbons (Fsp3) is 0.562. The quantitative estimate of drug-likeness (QED) is 0.520. The largest absolute Gasteiger partial charge is 0.458 e. The lowest BCUT2D eigenvalue weighted by Gasteiger charge is -2.23. The maximum Gasteiger partial charge on any atom is 0.338 e. The van der Waals surface area contributed by atoms with Crippen LogP contribution in [0.3, 0.4) is 0 Å². The van der Waals surface area contributed by atoms with Gasteiger partial charge in [-0.2, -0.15) is 0 Å². The van der Waals surface area contributed by atoms with Crippen molar-refractivity contribution < 1.29 is 14.6 Å². The lowest BCUT2D eigenvalue weighted by molar-refractivity contribution is -0.157. The first-order valence-corrected chi connectivity index (χ1v) is 7.22. The average molecular weight is 294 g/mol. The zero-order chi connectivity index (χ0) is 15.9. The van der Waals surface area contributed by atoms with E-state index in [0.29, 0.717) is 6.42 Å². The molecule has 0 bridgehead atoms. The van der Waals surface area contributed by atoms with Crippen molar-refractivity contribution in [3.63, 3.8) is 0 Å². The van der Waals surface area contributed by atoms with Gasteiger partial charge < -0.3 is 15.6 Å². The summed E-state index contributed by atoms with van der Waals surface area (Å²) in [5.41, 5.74) is 6.29. The zero-order valence-electron chi connectivity index (χ0n) is 13.0. The number of carbonyl (C=O) groups excluding carboxylic acids is 1. The van der Waals surface area contributed by atoms with Gasteiger partial charge in [0.2, 0.25) is 0 Å². The summed E-state index contributed by atoms with van der Waals surface area (Å²) in [5.74, 6) is -0.516. The number of aliphatic hydroxyl groups excluding tert-OH is 1. The predicted molar refractivity (Wildman–Crippen MR) is 82.6 cm³/mol. The molecule has 0 radical (unpaired) electrons. The minimum absolute atomic E-state index is 0.257. The molecule has 0 spiro atoms. The van der Waals surface area contributed by atoms with E-state index in [9.17, 15) is 9.90 Å². The second-order valence-electron chi connectivity index (χ2n) is 6.10. The number of aliphatic hydroxyl groups is 1. The molecule has 1 aromatic rings. The van der Waals surface area contributed by atoms with Gasteiger partial charge in [-0.3, -0.25) is 5.32 Å². The Labute approximate surface area is 126 Å². The highest BCUT2D eigenvalue weighted by atomic mass is 16.6. The van der Waals surface area contributed by atoms with Crippen molar-refractivity contribution in [2.45, 2.75) is 51.5 Å². The third-order valence-corrected chi connectivity index (χ3v) is 2.84. The van der Waals surface area contributed by atoms with Gasteiger partial charge in [0.1, 0.15) is 5.60 Å². The number of nitrogens with one attached hydrogen (secondary N) is 1. The van der Waals surface area contributed by atoms with Crippen molar-refractivity contribution in [2.24, 2.45) is 5.73 Å². The molecule has 0 aliphatic rings. The van der Waals surface area contributed by atoms with E-state index < -0.39 is 23.8 Å². The Morgan fingerprint density at radius 3 is 2.52 bits per heavy atom. The monoisotopic (exact) mass is 294 g/mol. The minimum Gasteiger partial charge on any atom is -0.458 e. The molecule has 0 aliphatic heterocycles. The van der Waals surface area contributed by atoms with E-state index >= 15 is 0 Å². The summed E-state index contributed by atoms with van der Waals surface area (Å²) in [6.07, 6.45) is -0.0852. The maximum absolute atomic E-state index is 11.7. The van der Waals surface area contributed by atoms with Crippen LogP contribution in [0.1, 0.15) is 32.8 Å². The molecule has 1 unspecified atom stereocenters. The number of carbonyl (C=O) groups is 1. The van der Waals surface area contributed by atoms with Crippen LogP contribution in [-0.2, 0) is 16.0 Å². The average Bonchev–Trinajstić information content (AvgIpc) is 2.41. The summed E-state index contributed by atoms with van der Waals surface area (Å²) in [7, 11) is 0. The molecule has 5 heteroatoms. The smallest absolute Gasteiger partial charge is 0.338 e. The molecule has 0 heterocycles. The molecular formula is C16H26N2O3. The molecule has 0 amide bonds. The van der Waals surface area contributed by atoms with E-state index in [2.05, 4.69) is 5.32 Å². The van der Waals surface area contributed by atoms with Gasteiger partial charge in [-0.1, -0.05) is 30.3 Å². The summed E-state index contributed by atoms with van der Waals surface area (Å²) in [6, 6.07) is 9.94. The summed E-state index contributed by atoms with van der Waals surface area (Å²) < 4.78 is 5.15. The van der Waals surface area contributed by atoms with Crippen LogP contribution in [0.4, 0.5) is 0 Å². The maximum atomic E-state index is 11.7. The van der Waals surface area contributed by atoms with Gasteiger partial charge >= 0.3 is 5.97 Å². The van der Waals surface area contributed by atoms with Gasteiger partial charge in [-0.15, -0.1) is 0 Å². The second kappa shape index (κ2) is 8.12. The van der Waals surface area contributed by atoms with Crippen LogP contribution in [0.15, 0.2) is 30.3 Å². The molecule has 0 saturated carbocycles. The van der Waals surface area contributed by atoms with Crippen LogP contribution in [0.2, 0.25) is 0 Å². The molecule has 2 atom stereocenters. The van der Waals surface area contributed by atoms with E-state index in [1.165, 1.54) is 5.56 Å². The van der Waals surface area contributed by atoms with E-state index in [4.69, 9.17) is 10.5 Å². The first kappa shape index (κ1) is 17.6. The fourth-order valence-corrected chi connectivity index (χ4v) is 1.79. The lowest BCUT2D eigenvalue weighted by atomic mass is 10.1. The molecule has 118 valence electrons. The van der Waals surface area contributed by atoms with Crippen molar-refractivity contribution in [1.82, 2.24) is 5.32 Å². The Balaban J connectivity index is 2.26. The topological polar surface area (TPSA) is 84.6 Å². The van der Waals surface area contributed by atoms with Crippen molar-refractivity contribution >= 4 is 5.97 Å². The van der Waals surface area contributed by atoms with E-state index in [1.807, 2.05) is 30.3 Å². The van der Waals surface area contributed by atoms with E-state index in [-0.39, 0.29) is 6.54 Å². The molecule has 0 fully saturated rings. The Kier molecular flexibility index (Phi) is 6.81. The molecule has 0 aliphatic carbocycles. The molecule has 4 N–H and O–H groups in total. The molecule has 5 nitrogen and oxygen atoms in total. The van der Waals surface area contributed by atoms with Gasteiger partial charge in [0, 0.05) is 6.54 Å². The van der Waals surface area contributed by atoms with Crippen LogP contribution in [0.5, 0.6) is 0 Å². The highest BCUT2D eigenvalue weighted by Crippen LogP contribution is 2.08. The zero-order valence-corrected chi connectivity index (χ0v) is 13.0. The van der Waals surface area contributed by atoms with Crippen molar-refractivity contribution in [1.29, 1.82) is 0 Å². The molecule has 0 saturated heterocycles. The van der Waals surface area contributed by atoms with Crippen LogP contribution in [0.25, 0.3) is 0 Å². The van der Waals surface area contributed by atoms with Crippen LogP contribution >= 0.6 is 0 Å². The van der Waals surface area contributed by atoms with Crippen LogP contribution in [-0.4, -0.2) is 35.5 Å². The molecule has 1 rings (SSSR count). The number of rotatable bonds is 7. The standard InChI is InChI=1S/C16H26N2O3/c1-16(2,3)21-15(20)14(17)18-11-13(19)10-9-12-7-5-4-6-8-12/h4-8,13-14,18-19H,9-11,17H2,1-3H3/t13-,14?/m0/s1. The summed E-state index contributed by atoms with van der Waals surface area (Å²) in [6.45, 7) is 5.61. The van der Waals surface area contributed by atoms with Gasteiger partial charge in [-0.25, -0.2) is 4.79 Å². The van der Waals surface area contributed by atoms with Crippen molar-refractivity contribution in [3.8, 4) is 0 Å². The first-order chi connectivity index (χ1) is 9.78. The van der Waals surface area contributed by atoms with Gasteiger partial charge in [-0.05, 0) is 39.2 Å². The Bertz CT molecular complexity index is 429. The van der Waals surface area contributed by atoms with E-state index in [0.717, 1.165) is 6.42 Å². The van der Waals surface area contributed by atoms with Crippen LogP contribution in [0, 0.1) is 0 Å². The Hall–Kier alpha value is -1.43. The number of ether oxygens (including phenoxy) is 1. The van der Waals surface area contributed by atoms with Crippen molar-refractivity contribution in [3.05, 3.63) is 35.9 Å². The minimum atomic E-state index is -0.921. The van der Waals surface area contributed by atoms with Crippen LogP contribution < -0.4 is 11.1 Å². The Morgan fingerprint density at radius 1 is 1.33 bits per heavy atom. The third kappa shape index (κ3) is 7.80. The molecule has 21 heavy (non-hydrogen) atoms. The number of benzene rings is 1. The van der Waals surface area contributed by atoms with E-state index in [1.54, 1.807) is 20.8 Å². The van der Waals surface area contributed by atoms with Crippen molar-refractivity contribution in [2.75, 3.05) is 6.54 Å². The molecule has 1 aromatic carbocycles. The molecular weight excluding hydrogens is 268 g/mol. The Morgan fingerprint density at radius 2 is 1.95 bits per heavy atom. The third-order valence-electron chi connectivity index (χ3n) is 2.84. The summed E-state index contributed by atoms with van der Waals surface area (Å²) in [5, 5.41) is 12.7. The lowest BCUT2D eigenvalue weighted by Crippen LogP contribution is -2.49. The van der Waals surface area contributed by atoms with Gasteiger partial charge in [0.15, 0.2) is 6.17 Å². The fourth-order valence-electron chi connectivity index (χ4n) is 1.79. The normalized spacial score (nSPS) is 14.5. The number of nitrogens with two attached hydrogens (primary N) is 1. The van der Waals surface area contributed by atoms with Gasteiger partial charge in [0.05, 0.1) is 6.10 Å². The summed E-state index contributed by atoms with van der Waals surface area (Å²) >= 11 is 0. The number of aryl methyl sites for hydroxylation is 1. The highest BCUT2D eigenvalue weighted by molar-refractivity contribution is 5.75. The van der Waals surface area contributed by atoms with Gasteiger partial charge in [0.25, 0.3) is 0 Å². The molecule has 0 aromatic heterocycles. The highest BCUT2D eigenvalue weighted by Gasteiger charge is 2.22. The summed E-state index contributed by atoms with van der Waals surface area (Å²) in [4.78, 5) is 11.7. The first-order valence-electron chi connectivity index (χ1n) is 7.22.